The van der Waals surface area contributed by atoms with Crippen molar-refractivity contribution in [2.45, 2.75) is 104 Å². The van der Waals surface area contributed by atoms with E-state index in [1.54, 1.807) is 0 Å². The third kappa shape index (κ3) is 8.82. The van der Waals surface area contributed by atoms with Gasteiger partial charge in [0.25, 0.3) is 0 Å². The molecule has 0 radical (unpaired) electrons. The molecule has 1 saturated heterocycles. The lowest BCUT2D eigenvalue weighted by Gasteiger charge is -2.24. The summed E-state index contributed by atoms with van der Waals surface area (Å²) in [5.74, 6) is -0.164. The summed E-state index contributed by atoms with van der Waals surface area (Å²) in [6, 6.07) is 0. The summed E-state index contributed by atoms with van der Waals surface area (Å²) in [6.07, 6.45) is 16.0. The van der Waals surface area contributed by atoms with Crippen LogP contribution in [0.2, 0.25) is 0 Å². The lowest BCUT2D eigenvalue weighted by molar-refractivity contribution is -0.245. The fourth-order valence-electron chi connectivity index (χ4n) is 3.89. The molecule has 2 atom stereocenters. The van der Waals surface area contributed by atoms with Crippen LogP contribution in [0.5, 0.6) is 0 Å². The molecule has 30 heavy (non-hydrogen) atoms. The van der Waals surface area contributed by atoms with Crippen LogP contribution in [0.1, 0.15) is 104 Å². The van der Waals surface area contributed by atoms with Crippen LogP contribution in [0.3, 0.4) is 0 Å². The summed E-state index contributed by atoms with van der Waals surface area (Å²) in [7, 11) is -3.68. The predicted octanol–water partition coefficient (Wildman–Crippen LogP) is 6.02. The first kappa shape index (κ1) is 25.6. The maximum atomic E-state index is 13.0. The molecule has 0 spiro atoms. The van der Waals surface area contributed by atoms with Gasteiger partial charge in [-0.05, 0) is 12.8 Å². The van der Waals surface area contributed by atoms with Crippen molar-refractivity contribution in [3.63, 3.8) is 0 Å². The van der Waals surface area contributed by atoms with Gasteiger partial charge >= 0.3 is 14.1 Å². The van der Waals surface area contributed by atoms with Crippen LogP contribution in [0, 0.1) is 5.92 Å². The minimum atomic E-state index is -3.68. The Morgan fingerprint density at radius 2 is 1.50 bits per heavy atom. The van der Waals surface area contributed by atoms with Gasteiger partial charge in [0, 0.05) is 6.42 Å². The number of fused-ring (bicyclic) bond motifs is 1. The monoisotopic (exact) mass is 444 g/mol. The van der Waals surface area contributed by atoms with Crippen molar-refractivity contribution in [2.24, 2.45) is 5.92 Å². The molecule has 2 aliphatic heterocycles. The summed E-state index contributed by atoms with van der Waals surface area (Å²) in [5.41, 5.74) is 0.486. The number of phosphoric acid groups is 1. The Labute approximate surface area is 183 Å². The van der Waals surface area contributed by atoms with Crippen LogP contribution in [0.25, 0.3) is 0 Å². The number of unbranched alkanes of at least 4 members (excludes halogenated alkanes) is 11. The van der Waals surface area contributed by atoms with E-state index in [4.69, 9.17) is 18.3 Å². The molecule has 1 fully saturated rings. The van der Waals surface area contributed by atoms with Crippen LogP contribution >= 0.6 is 8.17 Å². The Bertz CT molecular complexity index is 538. The lowest BCUT2D eigenvalue weighted by atomic mass is 10.00. The van der Waals surface area contributed by atoms with Gasteiger partial charge in [-0.15, -0.1) is 0 Å². The molecule has 0 aromatic rings. The molecule has 0 amide bonds. The second-order valence-electron chi connectivity index (χ2n) is 8.44. The topological polar surface area (TPSA) is 77.0 Å². The highest BCUT2D eigenvalue weighted by Gasteiger charge is 2.46. The number of phosphoric ester groups is 1. The molecule has 174 valence electrons. The molecular weight excluding hydrogens is 403 g/mol. The normalized spacial score (nSPS) is 23.8. The summed E-state index contributed by atoms with van der Waals surface area (Å²) in [4.78, 5) is 25.1. The van der Waals surface area contributed by atoms with Crippen LogP contribution in [-0.2, 0) is 23.1 Å². The van der Waals surface area contributed by atoms with Crippen LogP contribution in [-0.4, -0.2) is 25.8 Å². The molecule has 0 N–H and O–H groups in total. The quantitative estimate of drug-likeness (QED) is 0.165. The molecule has 0 aromatic carbocycles. The molecule has 0 aliphatic carbocycles. The van der Waals surface area contributed by atoms with Crippen molar-refractivity contribution in [1.82, 2.24) is 0 Å². The average molecular weight is 445 g/mol. The second kappa shape index (κ2) is 14.4. The average Bonchev–Trinajstić information content (AvgIpc) is 3.04. The lowest BCUT2D eigenvalue weighted by Crippen LogP contribution is -2.20. The maximum absolute atomic E-state index is 13.0. The number of hydrogen-bond donors (Lipinski definition) is 0. The fraction of sp³-hybridized carbons (Fsp3) is 0.870. The van der Waals surface area contributed by atoms with E-state index in [-0.39, 0.29) is 25.1 Å². The number of hydrogen-bond acceptors (Lipinski definition) is 6. The van der Waals surface area contributed by atoms with E-state index >= 15 is 0 Å². The van der Waals surface area contributed by atoms with Crippen molar-refractivity contribution >= 4 is 14.1 Å². The highest BCUT2D eigenvalue weighted by Crippen LogP contribution is 2.59. The summed E-state index contributed by atoms with van der Waals surface area (Å²) >= 11 is 0. The number of rotatable bonds is 16. The minimum Gasteiger partial charge on any atom is -0.598 e. The highest BCUT2D eigenvalue weighted by atomic mass is 31.2. The number of esters is 1. The van der Waals surface area contributed by atoms with E-state index in [1.165, 1.54) is 57.8 Å². The Balaban J connectivity index is 1.64. The van der Waals surface area contributed by atoms with Crippen molar-refractivity contribution < 1.29 is 28.0 Å². The van der Waals surface area contributed by atoms with Crippen molar-refractivity contribution in [3.05, 3.63) is 11.3 Å². The van der Waals surface area contributed by atoms with Gasteiger partial charge in [-0.25, -0.2) is 4.79 Å². The molecular formula is C23H41O6P. The molecule has 2 heterocycles. The van der Waals surface area contributed by atoms with E-state index in [9.17, 15) is 9.69 Å². The second-order valence-corrected chi connectivity index (χ2v) is 10.0. The molecule has 1 unspecified atom stereocenters. The van der Waals surface area contributed by atoms with Gasteiger partial charge in [0.1, 0.15) is 13.2 Å². The van der Waals surface area contributed by atoms with Crippen LogP contribution < -0.4 is 4.89 Å². The maximum Gasteiger partial charge on any atom is 0.428 e. The third-order valence-electron chi connectivity index (χ3n) is 5.75. The molecule has 2 aliphatic rings. The minimum absolute atomic E-state index is 0.131. The van der Waals surface area contributed by atoms with Gasteiger partial charge in [-0.3, -0.25) is 4.52 Å². The highest BCUT2D eigenvalue weighted by molar-refractivity contribution is 7.54. The first-order valence-electron chi connectivity index (χ1n) is 12.1. The molecule has 7 heteroatoms. The summed E-state index contributed by atoms with van der Waals surface area (Å²) in [5, 5.41) is 0. The Morgan fingerprint density at radius 3 is 2.13 bits per heavy atom. The Kier molecular flexibility index (Phi) is 12.3. The van der Waals surface area contributed by atoms with Gasteiger partial charge in [-0.2, -0.15) is 9.05 Å². The van der Waals surface area contributed by atoms with Gasteiger partial charge in [0.2, 0.25) is 0 Å². The number of ether oxygens (including phenoxy) is 1. The molecule has 0 aromatic heterocycles. The van der Waals surface area contributed by atoms with Crippen molar-refractivity contribution in [1.29, 1.82) is 0 Å². The standard InChI is InChI=1S/C23H41O6P/c1-3-5-7-8-9-10-11-12-13-14-15-17-27-30(25)28-19-20-18-26-23(24)22(20)21(29-30)16-6-4-2/h20H,3-19H2,1-2H3/t20-,30?/m0/s1. The number of carbonyl (C=O) groups is 1. The summed E-state index contributed by atoms with van der Waals surface area (Å²) < 4.78 is 21.9. The molecule has 0 saturated carbocycles. The SMILES string of the molecule is CCCCCCCCCCCCCO[P+]1([O-])OC[C@@H]2COC(=O)C2=C(CCCC)O1. The molecule has 0 bridgehead atoms. The number of allylic oxidation sites excluding steroid dienone is 1. The zero-order valence-corrected chi connectivity index (χ0v) is 19.9. The van der Waals surface area contributed by atoms with Crippen molar-refractivity contribution in [2.75, 3.05) is 19.8 Å². The third-order valence-corrected chi connectivity index (χ3v) is 7.16. The first-order chi connectivity index (χ1) is 14.6. The number of carbonyl (C=O) groups excluding carboxylic acids is 1. The van der Waals surface area contributed by atoms with E-state index in [0.717, 1.165) is 25.7 Å². The predicted molar refractivity (Wildman–Crippen MR) is 117 cm³/mol. The van der Waals surface area contributed by atoms with Gasteiger partial charge in [0.05, 0.1) is 18.1 Å². The zero-order chi connectivity index (χ0) is 21.7. The summed E-state index contributed by atoms with van der Waals surface area (Å²) in [6.45, 7) is 5.04. The Morgan fingerprint density at radius 1 is 0.900 bits per heavy atom. The molecule has 6 nitrogen and oxygen atoms in total. The Hall–Kier alpha value is -0.680. The molecule has 2 rings (SSSR count). The van der Waals surface area contributed by atoms with E-state index in [1.807, 2.05) is 0 Å². The van der Waals surface area contributed by atoms with Crippen LogP contribution in [0.4, 0.5) is 0 Å². The van der Waals surface area contributed by atoms with E-state index < -0.39 is 8.17 Å². The largest absolute Gasteiger partial charge is 0.598 e. The first-order valence-corrected chi connectivity index (χ1v) is 13.5. The van der Waals surface area contributed by atoms with Crippen LogP contribution in [0.15, 0.2) is 11.3 Å². The van der Waals surface area contributed by atoms with E-state index in [2.05, 4.69) is 13.8 Å². The fourth-order valence-corrected chi connectivity index (χ4v) is 5.25. The van der Waals surface area contributed by atoms with E-state index in [0.29, 0.717) is 24.4 Å². The van der Waals surface area contributed by atoms with Gasteiger partial charge in [0.15, 0.2) is 5.76 Å². The van der Waals surface area contributed by atoms with Crippen molar-refractivity contribution in [3.8, 4) is 0 Å². The zero-order valence-electron chi connectivity index (χ0n) is 19.0. The number of cyclic esters (lactones) is 1. The van der Waals surface area contributed by atoms with Gasteiger partial charge in [-0.1, -0.05) is 84.5 Å². The smallest absolute Gasteiger partial charge is 0.428 e. The van der Waals surface area contributed by atoms with Gasteiger partial charge < -0.3 is 9.63 Å².